The van der Waals surface area contributed by atoms with Crippen LogP contribution in [0.25, 0.3) is 0 Å². The van der Waals surface area contributed by atoms with Crippen molar-refractivity contribution < 1.29 is 0 Å². The highest BCUT2D eigenvalue weighted by molar-refractivity contribution is 9.13. The molecule has 2 heterocycles. The fourth-order valence-corrected chi connectivity index (χ4v) is 4.94. The van der Waals surface area contributed by atoms with Gasteiger partial charge in [-0.2, -0.15) is 0 Å². The third-order valence-electron chi connectivity index (χ3n) is 3.59. The Hall–Kier alpha value is 0.580. The lowest BCUT2D eigenvalue weighted by Crippen LogP contribution is -2.44. The van der Waals surface area contributed by atoms with Gasteiger partial charge in [0.05, 0.1) is 9.83 Å². The highest BCUT2D eigenvalue weighted by Gasteiger charge is 2.31. The largest absolute Gasteiger partial charge is 0.329 e. The lowest BCUT2D eigenvalue weighted by Gasteiger charge is -2.41. The van der Waals surface area contributed by atoms with Crippen LogP contribution in [0.1, 0.15) is 37.6 Å². The molecular formula is C13H20Br2N2S. The van der Waals surface area contributed by atoms with Gasteiger partial charge in [-0.1, -0.05) is 13.8 Å². The maximum Gasteiger partial charge on any atom is 0.0843 e. The van der Waals surface area contributed by atoms with Crippen LogP contribution in [-0.2, 0) is 0 Å². The molecule has 0 spiro atoms. The summed E-state index contributed by atoms with van der Waals surface area (Å²) in [4.78, 5) is 3.91. The van der Waals surface area contributed by atoms with Gasteiger partial charge in [0.25, 0.3) is 0 Å². The number of piperidine rings is 1. The maximum atomic E-state index is 6.02. The number of rotatable bonds is 3. The van der Waals surface area contributed by atoms with Crippen molar-refractivity contribution in [3.8, 4) is 0 Å². The molecule has 0 aliphatic carbocycles. The fraction of sp³-hybridized carbons (Fsp3) is 0.692. The van der Waals surface area contributed by atoms with Crippen molar-refractivity contribution in [1.29, 1.82) is 0 Å². The molecule has 5 heteroatoms. The highest BCUT2D eigenvalue weighted by Crippen LogP contribution is 2.39. The van der Waals surface area contributed by atoms with Crippen molar-refractivity contribution in [2.45, 2.75) is 32.7 Å². The van der Waals surface area contributed by atoms with Crippen LogP contribution in [0, 0.1) is 5.41 Å². The first kappa shape index (κ1) is 15.0. The molecule has 0 saturated carbocycles. The van der Waals surface area contributed by atoms with Gasteiger partial charge in [0.2, 0.25) is 0 Å². The molecule has 0 amide bonds. The van der Waals surface area contributed by atoms with Gasteiger partial charge in [-0.25, -0.2) is 0 Å². The molecule has 1 aliphatic heterocycles. The topological polar surface area (TPSA) is 29.3 Å². The molecule has 1 fully saturated rings. The van der Waals surface area contributed by atoms with Gasteiger partial charge in [-0.05, 0) is 62.7 Å². The number of halogens is 2. The summed E-state index contributed by atoms with van der Waals surface area (Å²) in [6.45, 7) is 7.70. The minimum atomic E-state index is 0.358. The van der Waals surface area contributed by atoms with Gasteiger partial charge in [0.15, 0.2) is 0 Å². The summed E-state index contributed by atoms with van der Waals surface area (Å²) in [6, 6.07) is 2.56. The maximum absolute atomic E-state index is 6.02. The molecule has 18 heavy (non-hydrogen) atoms. The normalized spacial score (nSPS) is 22.1. The zero-order valence-corrected chi connectivity index (χ0v) is 14.9. The van der Waals surface area contributed by atoms with Crippen LogP contribution in [-0.4, -0.2) is 24.5 Å². The predicted molar refractivity (Wildman–Crippen MR) is 86.1 cm³/mol. The Bertz CT molecular complexity index is 398. The first-order valence-corrected chi connectivity index (χ1v) is 8.72. The van der Waals surface area contributed by atoms with E-state index in [1.54, 1.807) is 11.3 Å². The monoisotopic (exact) mass is 394 g/mol. The molecule has 1 saturated heterocycles. The van der Waals surface area contributed by atoms with E-state index in [4.69, 9.17) is 5.73 Å². The van der Waals surface area contributed by atoms with E-state index in [2.05, 4.69) is 56.7 Å². The van der Waals surface area contributed by atoms with Crippen LogP contribution < -0.4 is 5.73 Å². The summed E-state index contributed by atoms with van der Waals surface area (Å²) >= 11 is 8.93. The van der Waals surface area contributed by atoms with E-state index in [0.29, 0.717) is 18.0 Å². The SMILES string of the molecule is CC1(C)CCCN(C(CN)c2cc(Br)c(Br)s2)C1. The third-order valence-corrected chi connectivity index (χ3v) is 6.94. The zero-order valence-electron chi connectivity index (χ0n) is 10.9. The second-order valence-electron chi connectivity index (χ2n) is 5.76. The molecule has 0 radical (unpaired) electrons. The van der Waals surface area contributed by atoms with Gasteiger partial charge in [0.1, 0.15) is 0 Å². The predicted octanol–water partition coefficient (Wildman–Crippen LogP) is 4.39. The number of likely N-dealkylation sites (tertiary alicyclic amines) is 1. The van der Waals surface area contributed by atoms with Crippen LogP contribution in [0.15, 0.2) is 14.3 Å². The van der Waals surface area contributed by atoms with Crippen molar-refractivity contribution in [3.63, 3.8) is 0 Å². The van der Waals surface area contributed by atoms with Crippen LogP contribution in [0.4, 0.5) is 0 Å². The molecule has 0 bridgehead atoms. The van der Waals surface area contributed by atoms with Crippen LogP contribution in [0.2, 0.25) is 0 Å². The van der Waals surface area contributed by atoms with Gasteiger partial charge in [0, 0.05) is 22.4 Å². The first-order valence-electron chi connectivity index (χ1n) is 6.32. The molecule has 0 aromatic carbocycles. The molecule has 1 aromatic rings. The highest BCUT2D eigenvalue weighted by atomic mass is 79.9. The Kier molecular flexibility index (Phi) is 4.92. The summed E-state index contributed by atoms with van der Waals surface area (Å²) in [5.74, 6) is 0. The Balaban J connectivity index is 2.18. The smallest absolute Gasteiger partial charge is 0.0843 e. The van der Waals surface area contributed by atoms with Gasteiger partial charge in [-0.15, -0.1) is 11.3 Å². The summed E-state index contributed by atoms with van der Waals surface area (Å²) < 4.78 is 2.30. The quantitative estimate of drug-likeness (QED) is 0.821. The lowest BCUT2D eigenvalue weighted by atomic mass is 9.83. The van der Waals surface area contributed by atoms with Crippen LogP contribution in [0.5, 0.6) is 0 Å². The molecule has 1 atom stereocenters. The van der Waals surface area contributed by atoms with Crippen molar-refractivity contribution in [1.82, 2.24) is 4.90 Å². The molecule has 1 aliphatic rings. The standard InChI is InChI=1S/C13H20Br2N2S/c1-13(2)4-3-5-17(8-13)10(7-16)11-6-9(14)12(15)18-11/h6,10H,3-5,7-8,16H2,1-2H3. The van der Waals surface area contributed by atoms with E-state index in [9.17, 15) is 0 Å². The summed E-state index contributed by atoms with van der Waals surface area (Å²) in [5, 5.41) is 0. The number of nitrogens with two attached hydrogens (primary N) is 1. The number of nitrogens with zero attached hydrogens (tertiary/aromatic N) is 1. The first-order chi connectivity index (χ1) is 8.43. The molecule has 1 unspecified atom stereocenters. The average molecular weight is 396 g/mol. The van der Waals surface area contributed by atoms with Crippen molar-refractivity contribution in [3.05, 3.63) is 19.2 Å². The molecule has 1 aromatic heterocycles. The fourth-order valence-electron chi connectivity index (χ4n) is 2.71. The van der Waals surface area contributed by atoms with Crippen molar-refractivity contribution in [2.24, 2.45) is 11.1 Å². The van der Waals surface area contributed by atoms with Crippen molar-refractivity contribution in [2.75, 3.05) is 19.6 Å². The Morgan fingerprint density at radius 2 is 2.22 bits per heavy atom. The van der Waals surface area contributed by atoms with E-state index in [0.717, 1.165) is 14.8 Å². The Morgan fingerprint density at radius 3 is 2.72 bits per heavy atom. The van der Waals surface area contributed by atoms with Gasteiger partial charge in [-0.3, -0.25) is 4.90 Å². The van der Waals surface area contributed by atoms with E-state index >= 15 is 0 Å². The number of thiophene rings is 1. The minimum absolute atomic E-state index is 0.358. The molecule has 2 N–H and O–H groups in total. The summed E-state index contributed by atoms with van der Waals surface area (Å²) in [5.41, 5.74) is 6.43. The number of hydrogen-bond acceptors (Lipinski definition) is 3. The Morgan fingerprint density at radius 1 is 1.50 bits per heavy atom. The minimum Gasteiger partial charge on any atom is -0.329 e. The molecule has 102 valence electrons. The molecule has 2 nitrogen and oxygen atoms in total. The van der Waals surface area contributed by atoms with Crippen LogP contribution >= 0.6 is 43.2 Å². The lowest BCUT2D eigenvalue weighted by molar-refractivity contribution is 0.0820. The second kappa shape index (κ2) is 5.92. The average Bonchev–Trinajstić information content (AvgIpc) is 2.58. The van der Waals surface area contributed by atoms with E-state index < -0.39 is 0 Å². The summed E-state index contributed by atoms with van der Waals surface area (Å²) in [6.07, 6.45) is 2.59. The zero-order chi connectivity index (χ0) is 13.3. The number of hydrogen-bond donors (Lipinski definition) is 1. The Labute approximate surface area is 130 Å². The third kappa shape index (κ3) is 3.37. The van der Waals surface area contributed by atoms with E-state index in [-0.39, 0.29) is 0 Å². The summed E-state index contributed by atoms with van der Waals surface area (Å²) in [7, 11) is 0. The van der Waals surface area contributed by atoms with E-state index in [1.165, 1.54) is 24.3 Å². The van der Waals surface area contributed by atoms with Gasteiger partial charge < -0.3 is 5.73 Å². The van der Waals surface area contributed by atoms with Gasteiger partial charge >= 0.3 is 0 Å². The van der Waals surface area contributed by atoms with E-state index in [1.807, 2.05) is 0 Å². The van der Waals surface area contributed by atoms with Crippen molar-refractivity contribution >= 4 is 43.2 Å². The molecule has 2 rings (SSSR count). The molecular weight excluding hydrogens is 376 g/mol. The second-order valence-corrected chi connectivity index (χ2v) is 9.02. The van der Waals surface area contributed by atoms with Crippen LogP contribution in [0.3, 0.4) is 0 Å².